The van der Waals surface area contributed by atoms with Crippen molar-refractivity contribution in [1.29, 1.82) is 0 Å². The topological polar surface area (TPSA) is 224 Å². The Morgan fingerprint density at radius 1 is 1.00 bits per heavy atom. The van der Waals surface area contributed by atoms with E-state index in [1.165, 1.54) is 33.1 Å². The Morgan fingerprint density at radius 2 is 1.67 bits per heavy atom. The number of nitrogens with zero attached hydrogens (tertiary/aromatic N) is 4. The molecule has 2 aromatic carbocycles. The molecule has 0 unspecified atom stereocenters. The molecule has 39 heavy (non-hydrogen) atoms. The average molecular weight is 625 g/mol. The van der Waals surface area contributed by atoms with E-state index < -0.39 is 53.5 Å². The summed E-state index contributed by atoms with van der Waals surface area (Å²) in [5.41, 5.74) is 0.294. The van der Waals surface area contributed by atoms with E-state index in [1.54, 1.807) is 0 Å². The molecule has 0 saturated heterocycles. The quantitative estimate of drug-likeness (QED) is 0.218. The van der Waals surface area contributed by atoms with Gasteiger partial charge in [0.05, 0.1) is 45.7 Å². The molecule has 1 heterocycles. The van der Waals surface area contributed by atoms with Crippen molar-refractivity contribution >= 4 is 53.3 Å². The van der Waals surface area contributed by atoms with Gasteiger partial charge in [-0.2, -0.15) is 26.6 Å². The number of halogens is 1. The average Bonchev–Trinajstić information content (AvgIpc) is 3.08. The maximum absolute atomic E-state index is 12.6. The first-order valence-corrected chi connectivity index (χ1v) is 15.3. The van der Waals surface area contributed by atoms with Crippen LogP contribution in [0.5, 0.6) is 11.6 Å². The second-order valence-corrected chi connectivity index (χ2v) is 12.8. The van der Waals surface area contributed by atoms with Crippen molar-refractivity contribution in [3.05, 3.63) is 46.6 Å². The first-order chi connectivity index (χ1) is 17.9. The summed E-state index contributed by atoms with van der Waals surface area (Å²) >= 11 is 6.21. The highest BCUT2D eigenvalue weighted by Gasteiger charge is 2.23. The number of rotatable bonds is 10. The van der Waals surface area contributed by atoms with Crippen LogP contribution in [0.3, 0.4) is 0 Å². The van der Waals surface area contributed by atoms with E-state index in [0.717, 1.165) is 22.9 Å². The van der Waals surface area contributed by atoms with Gasteiger partial charge in [-0.15, -0.1) is 10.2 Å². The second kappa shape index (κ2) is 11.2. The van der Waals surface area contributed by atoms with Crippen molar-refractivity contribution in [3.8, 4) is 17.3 Å². The SMILES string of the molecule is COc1ccc(S(=O)(=O)CCOS(=O)(=O)O)cc1/N=N/c1c(C)nn(-c2c(C)cc(S(=O)(=O)O)cc2Cl)c1O. The molecule has 0 amide bonds. The largest absolute Gasteiger partial charge is 0.494 e. The molecule has 19 heteroatoms. The summed E-state index contributed by atoms with van der Waals surface area (Å²) in [6, 6.07) is 5.67. The number of ether oxygens (including phenoxy) is 1. The molecule has 15 nitrogen and oxygen atoms in total. The van der Waals surface area contributed by atoms with E-state index >= 15 is 0 Å². The van der Waals surface area contributed by atoms with Crippen LogP contribution in [0.1, 0.15) is 11.3 Å². The second-order valence-electron chi connectivity index (χ2n) is 7.82. The van der Waals surface area contributed by atoms with E-state index in [1.807, 2.05) is 0 Å². The van der Waals surface area contributed by atoms with Crippen molar-refractivity contribution in [1.82, 2.24) is 9.78 Å². The molecule has 0 aliphatic carbocycles. The number of aromatic hydroxyl groups is 1. The maximum atomic E-state index is 12.6. The number of sulfone groups is 1. The molecule has 3 aromatic rings. The minimum absolute atomic E-state index is 0.0764. The van der Waals surface area contributed by atoms with Gasteiger partial charge in [-0.05, 0) is 49.7 Å². The highest BCUT2D eigenvalue weighted by atomic mass is 35.5. The summed E-state index contributed by atoms with van der Waals surface area (Å²) in [5.74, 6) is -1.21. The number of aryl methyl sites for hydroxylation is 2. The fraction of sp³-hybridized carbons (Fsp3) is 0.250. The molecule has 0 saturated carbocycles. The number of benzene rings is 2. The minimum Gasteiger partial charge on any atom is -0.494 e. The smallest absolute Gasteiger partial charge is 0.397 e. The third kappa shape index (κ3) is 7.10. The first-order valence-electron chi connectivity index (χ1n) is 10.5. The zero-order valence-corrected chi connectivity index (χ0v) is 23.5. The van der Waals surface area contributed by atoms with Crippen molar-refractivity contribution in [2.75, 3.05) is 19.5 Å². The molecule has 3 N–H and O–H groups in total. The monoisotopic (exact) mass is 624 g/mol. The van der Waals surface area contributed by atoms with Gasteiger partial charge in [0.2, 0.25) is 5.88 Å². The number of aromatic nitrogens is 2. The van der Waals surface area contributed by atoms with Crippen LogP contribution >= 0.6 is 11.6 Å². The number of methoxy groups -OCH3 is 1. The van der Waals surface area contributed by atoms with Crippen LogP contribution in [-0.2, 0) is 34.5 Å². The molecule has 0 aliphatic heterocycles. The molecule has 212 valence electrons. The molecular formula is C20H21ClN4O11S3. The first kappa shape index (κ1) is 30.4. The number of hydrogen-bond acceptors (Lipinski definition) is 12. The normalized spacial score (nSPS) is 12.8. The van der Waals surface area contributed by atoms with Crippen molar-refractivity contribution in [2.45, 2.75) is 23.6 Å². The van der Waals surface area contributed by atoms with Crippen molar-refractivity contribution in [2.24, 2.45) is 10.2 Å². The summed E-state index contributed by atoms with van der Waals surface area (Å²) in [5, 5.41) is 22.8. The molecule has 3 rings (SSSR count). The molecule has 1 aromatic heterocycles. The molecule has 0 spiro atoms. The van der Waals surface area contributed by atoms with Gasteiger partial charge >= 0.3 is 10.4 Å². The number of hydrogen-bond donors (Lipinski definition) is 3. The minimum atomic E-state index is -4.82. The zero-order valence-electron chi connectivity index (χ0n) is 20.3. The fourth-order valence-electron chi connectivity index (χ4n) is 3.31. The molecule has 0 bridgehead atoms. The molecule has 0 aliphatic rings. The Balaban J connectivity index is 2.00. The van der Waals surface area contributed by atoms with E-state index in [0.29, 0.717) is 0 Å². The Hall–Kier alpha value is -3.13. The Labute approximate surface area is 228 Å². The van der Waals surface area contributed by atoms with Gasteiger partial charge in [0.25, 0.3) is 10.1 Å². The van der Waals surface area contributed by atoms with Crippen LogP contribution in [0.4, 0.5) is 11.4 Å². The predicted octanol–water partition coefficient (Wildman–Crippen LogP) is 3.11. The number of azo groups is 1. The lowest BCUT2D eigenvalue weighted by Gasteiger charge is -2.11. The summed E-state index contributed by atoms with van der Waals surface area (Å²) in [4.78, 5) is -0.738. The highest BCUT2D eigenvalue weighted by molar-refractivity contribution is 7.91. The summed E-state index contributed by atoms with van der Waals surface area (Å²) < 4.78 is 97.6. The predicted molar refractivity (Wildman–Crippen MR) is 136 cm³/mol. The van der Waals surface area contributed by atoms with Crippen molar-refractivity contribution < 1.29 is 48.4 Å². The van der Waals surface area contributed by atoms with E-state index in [4.69, 9.17) is 20.9 Å². The standard InChI is InChI=1S/C20H21ClN4O11S3/c1-11-8-14(38(29,30)31)9-15(21)19(11)25-20(26)18(12(2)24-25)23-22-16-10-13(4-5-17(16)35-3)37(27,28)7-6-36-39(32,33)34/h4-5,8-10,26H,6-7H2,1-3H3,(H,29,30,31)(H,32,33,34)/b23-22+. The van der Waals surface area contributed by atoms with Gasteiger partial charge in [0.1, 0.15) is 11.4 Å². The van der Waals surface area contributed by atoms with Crippen LogP contribution in [-0.4, -0.2) is 68.7 Å². The third-order valence-electron chi connectivity index (χ3n) is 5.09. The Morgan fingerprint density at radius 3 is 2.23 bits per heavy atom. The van der Waals surface area contributed by atoms with Gasteiger partial charge in [-0.25, -0.2) is 12.6 Å². The lowest BCUT2D eigenvalue weighted by atomic mass is 10.2. The van der Waals surface area contributed by atoms with Gasteiger partial charge < -0.3 is 9.84 Å². The third-order valence-corrected chi connectivity index (χ3v) is 8.35. The zero-order chi connectivity index (χ0) is 29.3. The lowest BCUT2D eigenvalue weighted by Crippen LogP contribution is -2.15. The molecule has 0 atom stereocenters. The maximum Gasteiger partial charge on any atom is 0.397 e. The highest BCUT2D eigenvalue weighted by Crippen LogP contribution is 2.39. The Bertz CT molecular complexity index is 1760. The van der Waals surface area contributed by atoms with Crippen LogP contribution in [0.25, 0.3) is 5.69 Å². The molecular weight excluding hydrogens is 604 g/mol. The van der Waals surface area contributed by atoms with Crippen LogP contribution in [0, 0.1) is 13.8 Å². The van der Waals surface area contributed by atoms with E-state index in [9.17, 15) is 34.9 Å². The fourth-order valence-corrected chi connectivity index (χ4v) is 5.82. The van der Waals surface area contributed by atoms with Gasteiger partial charge in [-0.1, -0.05) is 11.6 Å². The Kier molecular flexibility index (Phi) is 8.70. The van der Waals surface area contributed by atoms with Crippen LogP contribution < -0.4 is 4.74 Å². The van der Waals surface area contributed by atoms with Crippen LogP contribution in [0.15, 0.2) is 50.4 Å². The van der Waals surface area contributed by atoms with Crippen molar-refractivity contribution in [3.63, 3.8) is 0 Å². The molecule has 0 radical (unpaired) electrons. The molecule has 0 fully saturated rings. The summed E-state index contributed by atoms with van der Waals surface area (Å²) in [6.07, 6.45) is 0. The van der Waals surface area contributed by atoms with E-state index in [-0.39, 0.29) is 44.0 Å². The summed E-state index contributed by atoms with van der Waals surface area (Å²) in [7, 11) is -12.2. The van der Waals surface area contributed by atoms with Gasteiger partial charge in [-0.3, -0.25) is 9.11 Å². The van der Waals surface area contributed by atoms with E-state index in [2.05, 4.69) is 19.5 Å². The lowest BCUT2D eigenvalue weighted by molar-refractivity contribution is 0.284. The van der Waals surface area contributed by atoms with Crippen LogP contribution in [0.2, 0.25) is 5.02 Å². The van der Waals surface area contributed by atoms with Gasteiger partial charge in [0, 0.05) is 0 Å². The summed E-state index contributed by atoms with van der Waals surface area (Å²) in [6.45, 7) is 2.13. The van der Waals surface area contributed by atoms with Gasteiger partial charge in [0.15, 0.2) is 15.5 Å².